The molecule has 0 aliphatic rings. The second-order valence-electron chi connectivity index (χ2n) is 4.90. The van der Waals surface area contributed by atoms with Crippen LogP contribution in [-0.2, 0) is 4.79 Å². The van der Waals surface area contributed by atoms with Gasteiger partial charge in [-0.25, -0.2) is 9.67 Å². The SMILES string of the molecule is CCC(C)(CN)C(=O)Nc1cccnc1-n1cccn1. The molecule has 0 fully saturated rings. The van der Waals surface area contributed by atoms with E-state index in [2.05, 4.69) is 15.4 Å². The molecule has 0 aliphatic heterocycles. The van der Waals surface area contributed by atoms with Gasteiger partial charge in [-0.3, -0.25) is 4.79 Å². The van der Waals surface area contributed by atoms with Gasteiger partial charge in [0.15, 0.2) is 5.82 Å². The van der Waals surface area contributed by atoms with Gasteiger partial charge in [0.1, 0.15) is 0 Å². The van der Waals surface area contributed by atoms with Gasteiger partial charge >= 0.3 is 0 Å². The van der Waals surface area contributed by atoms with Crippen LogP contribution >= 0.6 is 0 Å². The maximum Gasteiger partial charge on any atom is 0.231 e. The van der Waals surface area contributed by atoms with Crippen LogP contribution in [0, 0.1) is 5.41 Å². The number of nitrogens with zero attached hydrogens (tertiary/aromatic N) is 3. The number of nitrogens with one attached hydrogen (secondary N) is 1. The summed E-state index contributed by atoms with van der Waals surface area (Å²) in [6.45, 7) is 4.10. The summed E-state index contributed by atoms with van der Waals surface area (Å²) in [4.78, 5) is 16.6. The summed E-state index contributed by atoms with van der Waals surface area (Å²) in [5.41, 5.74) is 5.74. The Bertz CT molecular complexity index is 575. The average molecular weight is 273 g/mol. The number of carbonyl (C=O) groups excluding carboxylic acids is 1. The lowest BCUT2D eigenvalue weighted by molar-refractivity contribution is -0.124. The van der Waals surface area contributed by atoms with E-state index in [9.17, 15) is 4.79 Å². The summed E-state index contributed by atoms with van der Waals surface area (Å²) >= 11 is 0. The molecule has 1 atom stereocenters. The molecule has 0 aromatic carbocycles. The molecule has 0 saturated heterocycles. The fourth-order valence-corrected chi connectivity index (χ4v) is 1.74. The Labute approximate surface area is 118 Å². The summed E-state index contributed by atoms with van der Waals surface area (Å²) in [7, 11) is 0. The molecule has 3 N–H and O–H groups in total. The smallest absolute Gasteiger partial charge is 0.231 e. The molecule has 2 aromatic rings. The van der Waals surface area contributed by atoms with Crippen LogP contribution in [0.3, 0.4) is 0 Å². The topological polar surface area (TPSA) is 85.8 Å². The summed E-state index contributed by atoms with van der Waals surface area (Å²) in [5, 5.41) is 7.03. The van der Waals surface area contributed by atoms with E-state index in [4.69, 9.17) is 5.73 Å². The molecule has 0 spiro atoms. The van der Waals surface area contributed by atoms with E-state index < -0.39 is 5.41 Å². The lowest BCUT2D eigenvalue weighted by Crippen LogP contribution is -2.39. The molecule has 0 bridgehead atoms. The second-order valence-corrected chi connectivity index (χ2v) is 4.90. The molecule has 6 heteroatoms. The van der Waals surface area contributed by atoms with Gasteiger partial charge < -0.3 is 11.1 Å². The second kappa shape index (κ2) is 5.83. The van der Waals surface area contributed by atoms with E-state index in [0.29, 0.717) is 24.5 Å². The molecule has 2 aromatic heterocycles. The van der Waals surface area contributed by atoms with Crippen molar-refractivity contribution in [1.29, 1.82) is 0 Å². The summed E-state index contributed by atoms with van der Waals surface area (Å²) in [6.07, 6.45) is 5.78. The number of nitrogens with two attached hydrogens (primary N) is 1. The highest BCUT2D eigenvalue weighted by molar-refractivity contribution is 5.96. The highest BCUT2D eigenvalue weighted by atomic mass is 16.2. The molecule has 1 unspecified atom stereocenters. The van der Waals surface area contributed by atoms with Crippen molar-refractivity contribution in [3.05, 3.63) is 36.8 Å². The van der Waals surface area contributed by atoms with Gasteiger partial charge in [0.25, 0.3) is 0 Å². The summed E-state index contributed by atoms with van der Waals surface area (Å²) < 4.78 is 1.61. The number of amides is 1. The third kappa shape index (κ3) is 2.70. The predicted octanol–water partition coefficient (Wildman–Crippen LogP) is 1.58. The first kappa shape index (κ1) is 14.2. The van der Waals surface area contributed by atoms with Gasteiger partial charge in [0.2, 0.25) is 5.91 Å². The van der Waals surface area contributed by atoms with Crippen molar-refractivity contribution in [2.24, 2.45) is 11.1 Å². The molecule has 2 heterocycles. The Kier molecular flexibility index (Phi) is 4.14. The Morgan fingerprint density at radius 1 is 1.45 bits per heavy atom. The lowest BCUT2D eigenvalue weighted by atomic mass is 9.86. The Hall–Kier alpha value is -2.21. The van der Waals surface area contributed by atoms with E-state index in [1.807, 2.05) is 13.8 Å². The number of hydrogen-bond acceptors (Lipinski definition) is 4. The van der Waals surface area contributed by atoms with Gasteiger partial charge in [-0.1, -0.05) is 6.92 Å². The molecule has 0 radical (unpaired) electrons. The van der Waals surface area contributed by atoms with Crippen LogP contribution in [0.25, 0.3) is 5.82 Å². The Morgan fingerprint density at radius 2 is 2.25 bits per heavy atom. The van der Waals surface area contributed by atoms with E-state index >= 15 is 0 Å². The van der Waals surface area contributed by atoms with Crippen LogP contribution in [-0.4, -0.2) is 27.2 Å². The maximum atomic E-state index is 12.4. The number of carbonyl (C=O) groups is 1. The Morgan fingerprint density at radius 3 is 2.85 bits per heavy atom. The van der Waals surface area contributed by atoms with Gasteiger partial charge in [-0.15, -0.1) is 0 Å². The van der Waals surface area contributed by atoms with Crippen molar-refractivity contribution < 1.29 is 4.79 Å². The molecule has 106 valence electrons. The zero-order valence-corrected chi connectivity index (χ0v) is 11.7. The maximum absolute atomic E-state index is 12.4. The quantitative estimate of drug-likeness (QED) is 0.866. The number of aromatic nitrogens is 3. The standard InChI is InChI=1S/C14H19N5O/c1-3-14(2,10-15)13(20)18-11-6-4-7-16-12(11)19-9-5-8-17-19/h4-9H,3,10,15H2,1-2H3,(H,18,20). The molecule has 0 saturated carbocycles. The normalized spacial score (nSPS) is 13.8. The number of pyridine rings is 1. The van der Waals surface area contributed by atoms with Crippen LogP contribution in [0.4, 0.5) is 5.69 Å². The van der Waals surface area contributed by atoms with Gasteiger partial charge in [-0.2, -0.15) is 5.10 Å². The van der Waals surface area contributed by atoms with E-state index in [-0.39, 0.29) is 5.91 Å². The summed E-state index contributed by atoms with van der Waals surface area (Å²) in [5.74, 6) is 0.477. The molecule has 0 aliphatic carbocycles. The highest BCUT2D eigenvalue weighted by Gasteiger charge is 2.30. The predicted molar refractivity (Wildman–Crippen MR) is 77.4 cm³/mol. The van der Waals surface area contributed by atoms with Gasteiger partial charge in [0.05, 0.1) is 11.1 Å². The highest BCUT2D eigenvalue weighted by Crippen LogP contribution is 2.24. The van der Waals surface area contributed by atoms with Crippen molar-refractivity contribution in [3.63, 3.8) is 0 Å². The van der Waals surface area contributed by atoms with Crippen LogP contribution in [0.5, 0.6) is 0 Å². The first-order chi connectivity index (χ1) is 9.60. The first-order valence-corrected chi connectivity index (χ1v) is 6.57. The van der Waals surface area contributed by atoms with Crippen molar-refractivity contribution >= 4 is 11.6 Å². The van der Waals surface area contributed by atoms with Crippen molar-refractivity contribution in [3.8, 4) is 5.82 Å². The third-order valence-electron chi connectivity index (χ3n) is 3.54. The fraction of sp³-hybridized carbons (Fsp3) is 0.357. The van der Waals surface area contributed by atoms with Crippen molar-refractivity contribution in [1.82, 2.24) is 14.8 Å². The van der Waals surface area contributed by atoms with Gasteiger partial charge in [-0.05, 0) is 31.5 Å². The van der Waals surface area contributed by atoms with E-state index in [0.717, 1.165) is 0 Å². The number of hydrogen-bond donors (Lipinski definition) is 2. The molecular weight excluding hydrogens is 254 g/mol. The van der Waals surface area contributed by atoms with Gasteiger partial charge in [0, 0.05) is 25.1 Å². The van der Waals surface area contributed by atoms with Crippen LogP contribution in [0.1, 0.15) is 20.3 Å². The molecule has 1 amide bonds. The molecule has 6 nitrogen and oxygen atoms in total. The molecular formula is C14H19N5O. The number of anilines is 1. The number of rotatable bonds is 5. The summed E-state index contributed by atoms with van der Waals surface area (Å²) in [6, 6.07) is 5.37. The first-order valence-electron chi connectivity index (χ1n) is 6.57. The largest absolute Gasteiger partial charge is 0.329 e. The molecule has 20 heavy (non-hydrogen) atoms. The minimum absolute atomic E-state index is 0.107. The van der Waals surface area contributed by atoms with Crippen LogP contribution in [0.2, 0.25) is 0 Å². The lowest BCUT2D eigenvalue weighted by Gasteiger charge is -2.25. The molecule has 2 rings (SSSR count). The van der Waals surface area contributed by atoms with Crippen LogP contribution < -0.4 is 11.1 Å². The zero-order valence-electron chi connectivity index (χ0n) is 11.7. The minimum atomic E-state index is -0.586. The van der Waals surface area contributed by atoms with Crippen molar-refractivity contribution in [2.45, 2.75) is 20.3 Å². The Balaban J connectivity index is 2.29. The monoisotopic (exact) mass is 273 g/mol. The van der Waals surface area contributed by atoms with Crippen LogP contribution in [0.15, 0.2) is 36.8 Å². The van der Waals surface area contributed by atoms with Crippen molar-refractivity contribution in [2.75, 3.05) is 11.9 Å². The fourth-order valence-electron chi connectivity index (χ4n) is 1.74. The third-order valence-corrected chi connectivity index (χ3v) is 3.54. The van der Waals surface area contributed by atoms with E-state index in [1.54, 1.807) is 41.5 Å². The average Bonchev–Trinajstić information content (AvgIpc) is 3.01. The minimum Gasteiger partial charge on any atom is -0.329 e. The van der Waals surface area contributed by atoms with E-state index in [1.165, 1.54) is 0 Å². The zero-order chi connectivity index (χ0) is 14.6.